The number of hydrogen-bond acceptors (Lipinski definition) is 5. The van der Waals surface area contributed by atoms with Crippen LogP contribution in [0.5, 0.6) is 17.2 Å². The van der Waals surface area contributed by atoms with Gasteiger partial charge in [-0.15, -0.1) is 0 Å². The maximum atomic E-state index is 11.0. The fraction of sp³-hybridized carbons (Fsp3) is 0.417. The van der Waals surface area contributed by atoms with Gasteiger partial charge >= 0.3 is 0 Å². The summed E-state index contributed by atoms with van der Waals surface area (Å²) >= 11 is 0. The summed E-state index contributed by atoms with van der Waals surface area (Å²) in [4.78, 5) is 11.0. The number of amides is 1. The zero-order valence-corrected chi connectivity index (χ0v) is 9.81. The summed E-state index contributed by atoms with van der Waals surface area (Å²) in [7, 11) is 0. The maximum Gasteiger partial charge on any atom is 0.220 e. The van der Waals surface area contributed by atoms with E-state index in [-0.39, 0.29) is 23.4 Å². The van der Waals surface area contributed by atoms with E-state index in [2.05, 4.69) is 10.6 Å². The van der Waals surface area contributed by atoms with Crippen molar-refractivity contribution < 1.29 is 20.1 Å². The summed E-state index contributed by atoms with van der Waals surface area (Å²) in [6.07, 6.45) is 1.36. The Balaban J connectivity index is 1.87. The van der Waals surface area contributed by atoms with Gasteiger partial charge in [-0.2, -0.15) is 0 Å². The minimum atomic E-state index is -0.511. The quantitative estimate of drug-likeness (QED) is 0.492. The van der Waals surface area contributed by atoms with Crippen LogP contribution in [0.4, 0.5) is 0 Å². The molecule has 0 bridgehead atoms. The molecule has 1 aromatic carbocycles. The lowest BCUT2D eigenvalue weighted by atomic mass is 10.1. The lowest BCUT2D eigenvalue weighted by Crippen LogP contribution is -2.35. The molecular formula is C12H16N2O4. The van der Waals surface area contributed by atoms with Gasteiger partial charge in [-0.3, -0.25) is 4.79 Å². The standard InChI is InChI=1S/C12H16N2O4/c15-9-3-1-7(11(17)12(9)18)5-13-6-8-2-4-10(16)14-8/h1,3,8,13,15,17-18H,2,4-6H2,(H,14,16). The minimum Gasteiger partial charge on any atom is -0.504 e. The second-order valence-corrected chi connectivity index (χ2v) is 4.38. The van der Waals surface area contributed by atoms with Crippen molar-refractivity contribution >= 4 is 5.91 Å². The van der Waals surface area contributed by atoms with E-state index in [1.54, 1.807) is 0 Å². The summed E-state index contributed by atoms with van der Waals surface area (Å²) in [6.45, 7) is 0.957. The van der Waals surface area contributed by atoms with Crippen molar-refractivity contribution in [3.63, 3.8) is 0 Å². The highest BCUT2D eigenvalue weighted by molar-refractivity contribution is 5.78. The first-order valence-electron chi connectivity index (χ1n) is 5.81. The lowest BCUT2D eigenvalue weighted by Gasteiger charge is -2.12. The summed E-state index contributed by atoms with van der Waals surface area (Å²) in [6, 6.07) is 2.97. The second-order valence-electron chi connectivity index (χ2n) is 4.38. The summed E-state index contributed by atoms with van der Waals surface area (Å²) < 4.78 is 0. The molecule has 18 heavy (non-hydrogen) atoms. The minimum absolute atomic E-state index is 0.0620. The van der Waals surface area contributed by atoms with Crippen molar-refractivity contribution in [2.75, 3.05) is 6.54 Å². The summed E-state index contributed by atoms with van der Waals surface area (Å²) in [5.74, 6) is -1.12. The number of carbonyl (C=O) groups is 1. The highest BCUT2D eigenvalue weighted by Gasteiger charge is 2.20. The van der Waals surface area contributed by atoms with E-state index in [0.717, 1.165) is 6.42 Å². The van der Waals surface area contributed by atoms with Gasteiger partial charge in [0, 0.05) is 31.1 Å². The third-order valence-electron chi connectivity index (χ3n) is 3.00. The number of rotatable bonds is 4. The molecule has 1 aliphatic rings. The third-order valence-corrected chi connectivity index (χ3v) is 3.00. The van der Waals surface area contributed by atoms with Gasteiger partial charge in [-0.1, -0.05) is 6.07 Å². The number of nitrogens with one attached hydrogen (secondary N) is 2. The van der Waals surface area contributed by atoms with Crippen LogP contribution in [0.15, 0.2) is 12.1 Å². The van der Waals surface area contributed by atoms with Crippen molar-refractivity contribution in [3.05, 3.63) is 17.7 Å². The number of phenolic OH excluding ortho intramolecular Hbond substituents is 3. The Labute approximate surface area is 104 Å². The highest BCUT2D eigenvalue weighted by atomic mass is 16.3. The van der Waals surface area contributed by atoms with Crippen LogP contribution in [-0.4, -0.2) is 33.8 Å². The molecule has 0 aliphatic carbocycles. The van der Waals surface area contributed by atoms with E-state index < -0.39 is 5.75 Å². The largest absolute Gasteiger partial charge is 0.504 e. The van der Waals surface area contributed by atoms with Crippen LogP contribution in [0, 0.1) is 0 Å². The van der Waals surface area contributed by atoms with Gasteiger partial charge < -0.3 is 26.0 Å². The first-order valence-corrected chi connectivity index (χ1v) is 5.81. The van der Waals surface area contributed by atoms with Crippen LogP contribution < -0.4 is 10.6 Å². The van der Waals surface area contributed by atoms with Gasteiger partial charge in [0.25, 0.3) is 0 Å². The summed E-state index contributed by atoms with van der Waals surface area (Å²) in [5.41, 5.74) is 0.495. The molecule has 1 heterocycles. The molecule has 0 radical (unpaired) electrons. The molecule has 0 aromatic heterocycles. The SMILES string of the molecule is O=C1CCC(CNCc2ccc(O)c(O)c2O)N1. The smallest absolute Gasteiger partial charge is 0.220 e. The highest BCUT2D eigenvalue weighted by Crippen LogP contribution is 2.36. The van der Waals surface area contributed by atoms with Crippen LogP contribution in [0.1, 0.15) is 18.4 Å². The molecule has 1 atom stereocenters. The Kier molecular flexibility index (Phi) is 3.57. The van der Waals surface area contributed by atoms with Crippen molar-refractivity contribution in [3.8, 4) is 17.2 Å². The second kappa shape index (κ2) is 5.14. The van der Waals surface area contributed by atoms with E-state index in [9.17, 15) is 20.1 Å². The Morgan fingerprint density at radius 3 is 2.72 bits per heavy atom. The molecule has 1 fully saturated rings. The molecular weight excluding hydrogens is 236 g/mol. The van der Waals surface area contributed by atoms with Crippen LogP contribution in [-0.2, 0) is 11.3 Å². The fourth-order valence-corrected chi connectivity index (χ4v) is 1.96. The molecule has 1 unspecified atom stereocenters. The monoisotopic (exact) mass is 252 g/mol. The van der Waals surface area contributed by atoms with Crippen molar-refractivity contribution in [2.24, 2.45) is 0 Å². The van der Waals surface area contributed by atoms with Crippen molar-refractivity contribution in [2.45, 2.75) is 25.4 Å². The Morgan fingerprint density at radius 2 is 2.06 bits per heavy atom. The molecule has 1 amide bonds. The number of benzene rings is 1. The molecule has 6 heteroatoms. The zero-order chi connectivity index (χ0) is 13.1. The molecule has 98 valence electrons. The van der Waals surface area contributed by atoms with Crippen LogP contribution in [0.25, 0.3) is 0 Å². The van der Waals surface area contributed by atoms with Gasteiger partial charge in [0.05, 0.1) is 0 Å². The maximum absolute atomic E-state index is 11.0. The van der Waals surface area contributed by atoms with Crippen molar-refractivity contribution in [1.29, 1.82) is 0 Å². The molecule has 0 spiro atoms. The molecule has 0 saturated carbocycles. The predicted octanol–water partition coefficient (Wildman–Crippen LogP) is 0.172. The number of hydrogen-bond donors (Lipinski definition) is 5. The Hall–Kier alpha value is -1.95. The van der Waals surface area contributed by atoms with E-state index in [1.807, 2.05) is 0 Å². The van der Waals surface area contributed by atoms with Crippen molar-refractivity contribution in [1.82, 2.24) is 10.6 Å². The molecule has 1 aromatic rings. The summed E-state index contributed by atoms with van der Waals surface area (Å²) in [5, 5.41) is 34.0. The topological polar surface area (TPSA) is 102 Å². The lowest BCUT2D eigenvalue weighted by molar-refractivity contribution is -0.119. The van der Waals surface area contributed by atoms with Crippen LogP contribution in [0.3, 0.4) is 0 Å². The van der Waals surface area contributed by atoms with E-state index in [1.165, 1.54) is 12.1 Å². The van der Waals surface area contributed by atoms with E-state index >= 15 is 0 Å². The molecule has 6 nitrogen and oxygen atoms in total. The molecule has 5 N–H and O–H groups in total. The van der Waals surface area contributed by atoms with Gasteiger partial charge in [0.15, 0.2) is 11.5 Å². The van der Waals surface area contributed by atoms with Gasteiger partial charge in [-0.05, 0) is 12.5 Å². The molecule has 1 aliphatic heterocycles. The van der Waals surface area contributed by atoms with Crippen LogP contribution >= 0.6 is 0 Å². The number of phenols is 3. The van der Waals surface area contributed by atoms with Gasteiger partial charge in [0.2, 0.25) is 11.7 Å². The van der Waals surface area contributed by atoms with E-state index in [4.69, 9.17) is 0 Å². The fourth-order valence-electron chi connectivity index (χ4n) is 1.96. The predicted molar refractivity (Wildman–Crippen MR) is 64.3 cm³/mol. The Morgan fingerprint density at radius 1 is 1.28 bits per heavy atom. The molecule has 1 saturated heterocycles. The first kappa shape index (κ1) is 12.5. The average molecular weight is 252 g/mol. The van der Waals surface area contributed by atoms with Gasteiger partial charge in [-0.25, -0.2) is 0 Å². The van der Waals surface area contributed by atoms with Gasteiger partial charge in [0.1, 0.15) is 0 Å². The number of aromatic hydroxyl groups is 3. The third kappa shape index (κ3) is 2.65. The average Bonchev–Trinajstić information content (AvgIpc) is 2.75. The van der Waals surface area contributed by atoms with Crippen LogP contribution in [0.2, 0.25) is 0 Å². The number of carbonyl (C=O) groups excluding carboxylic acids is 1. The first-order chi connectivity index (χ1) is 8.58. The molecule has 2 rings (SSSR count). The zero-order valence-electron chi connectivity index (χ0n) is 9.81. The Bertz CT molecular complexity index is 462. The van der Waals surface area contributed by atoms with E-state index in [0.29, 0.717) is 25.1 Å². The normalized spacial score (nSPS) is 18.9.